The Labute approximate surface area is 167 Å². The Bertz CT molecular complexity index is 865. The summed E-state index contributed by atoms with van der Waals surface area (Å²) in [5.41, 5.74) is 4.95. The molecule has 2 aromatic carbocycles. The van der Waals surface area contributed by atoms with Crippen molar-refractivity contribution in [2.75, 3.05) is 18.4 Å². The summed E-state index contributed by atoms with van der Waals surface area (Å²) < 4.78 is 0. The molecule has 4 heteroatoms. The lowest BCUT2D eigenvalue weighted by Crippen LogP contribution is -2.41. The lowest BCUT2D eigenvalue weighted by molar-refractivity contribution is -0.121. The molecular formula is C24H30N2O2. The fraction of sp³-hybridized carbons (Fsp3) is 0.417. The van der Waals surface area contributed by atoms with Gasteiger partial charge in [0.25, 0.3) is 5.91 Å². The van der Waals surface area contributed by atoms with E-state index in [4.69, 9.17) is 0 Å². The van der Waals surface area contributed by atoms with Gasteiger partial charge in [0, 0.05) is 30.3 Å². The van der Waals surface area contributed by atoms with Gasteiger partial charge in [0.2, 0.25) is 5.91 Å². The Morgan fingerprint density at radius 1 is 0.964 bits per heavy atom. The monoisotopic (exact) mass is 378 g/mol. The van der Waals surface area contributed by atoms with Crippen molar-refractivity contribution in [2.45, 2.75) is 46.5 Å². The third kappa shape index (κ3) is 4.27. The third-order valence-electron chi connectivity index (χ3n) is 5.70. The lowest BCUT2D eigenvalue weighted by Gasteiger charge is -2.32. The number of para-hydroxylation sites is 1. The van der Waals surface area contributed by atoms with E-state index in [0.717, 1.165) is 22.4 Å². The van der Waals surface area contributed by atoms with Crippen molar-refractivity contribution in [3.05, 3.63) is 64.7 Å². The summed E-state index contributed by atoms with van der Waals surface area (Å²) in [6, 6.07) is 13.8. The van der Waals surface area contributed by atoms with Crippen LogP contribution in [0.25, 0.3) is 0 Å². The van der Waals surface area contributed by atoms with Gasteiger partial charge in [-0.05, 0) is 55.4 Å². The maximum absolute atomic E-state index is 12.9. The van der Waals surface area contributed by atoms with Crippen LogP contribution in [0.4, 0.5) is 5.69 Å². The first-order valence-corrected chi connectivity index (χ1v) is 10.1. The second kappa shape index (κ2) is 8.59. The van der Waals surface area contributed by atoms with Crippen molar-refractivity contribution >= 4 is 17.5 Å². The van der Waals surface area contributed by atoms with E-state index in [1.54, 1.807) is 0 Å². The molecule has 1 aliphatic rings. The van der Waals surface area contributed by atoms with E-state index in [1.165, 1.54) is 5.56 Å². The SMILES string of the molecule is Cc1ccccc1C(=O)N1CCC(C(=O)Nc2c(C)cccc2C(C)C)CC1. The summed E-state index contributed by atoms with van der Waals surface area (Å²) in [7, 11) is 0. The van der Waals surface area contributed by atoms with Crippen LogP contribution >= 0.6 is 0 Å². The predicted octanol–water partition coefficient (Wildman–Crippen LogP) is 4.92. The van der Waals surface area contributed by atoms with Crippen molar-refractivity contribution < 1.29 is 9.59 Å². The molecule has 28 heavy (non-hydrogen) atoms. The summed E-state index contributed by atoms with van der Waals surface area (Å²) in [6.45, 7) is 9.51. The summed E-state index contributed by atoms with van der Waals surface area (Å²) in [6.07, 6.45) is 1.40. The Hall–Kier alpha value is -2.62. The summed E-state index contributed by atoms with van der Waals surface area (Å²) in [4.78, 5) is 27.5. The molecule has 1 aliphatic heterocycles. The second-order valence-electron chi connectivity index (χ2n) is 8.06. The van der Waals surface area contributed by atoms with Gasteiger partial charge in [-0.2, -0.15) is 0 Å². The number of aryl methyl sites for hydroxylation is 2. The Morgan fingerprint density at radius 2 is 1.61 bits per heavy atom. The lowest BCUT2D eigenvalue weighted by atomic mass is 9.93. The van der Waals surface area contributed by atoms with Gasteiger partial charge >= 0.3 is 0 Å². The van der Waals surface area contributed by atoms with Crippen molar-refractivity contribution in [1.29, 1.82) is 0 Å². The van der Waals surface area contributed by atoms with Gasteiger partial charge in [0.15, 0.2) is 0 Å². The van der Waals surface area contributed by atoms with Gasteiger partial charge in [-0.3, -0.25) is 9.59 Å². The van der Waals surface area contributed by atoms with Gasteiger partial charge in [0.1, 0.15) is 0 Å². The van der Waals surface area contributed by atoms with Crippen LogP contribution in [0.2, 0.25) is 0 Å². The average Bonchev–Trinajstić information content (AvgIpc) is 2.69. The van der Waals surface area contributed by atoms with Gasteiger partial charge in [0.05, 0.1) is 0 Å². The molecule has 148 valence electrons. The molecule has 4 nitrogen and oxygen atoms in total. The standard InChI is InChI=1S/C24H30N2O2/c1-16(2)20-11-7-9-18(4)22(20)25-23(27)19-12-14-26(15-13-19)24(28)21-10-6-5-8-17(21)3/h5-11,16,19H,12-15H2,1-4H3,(H,25,27). The smallest absolute Gasteiger partial charge is 0.254 e. The molecule has 1 N–H and O–H groups in total. The molecule has 0 aliphatic carbocycles. The highest BCUT2D eigenvalue weighted by Gasteiger charge is 2.29. The topological polar surface area (TPSA) is 49.4 Å². The van der Waals surface area contributed by atoms with Crippen LogP contribution in [0.1, 0.15) is 59.7 Å². The molecular weight excluding hydrogens is 348 g/mol. The van der Waals surface area contributed by atoms with E-state index in [-0.39, 0.29) is 17.7 Å². The van der Waals surface area contributed by atoms with Crippen LogP contribution in [0.15, 0.2) is 42.5 Å². The number of amides is 2. The van der Waals surface area contributed by atoms with Gasteiger partial charge < -0.3 is 10.2 Å². The number of hydrogen-bond donors (Lipinski definition) is 1. The number of rotatable bonds is 4. The highest BCUT2D eigenvalue weighted by atomic mass is 16.2. The molecule has 0 unspecified atom stereocenters. The molecule has 1 saturated heterocycles. The number of piperidine rings is 1. The van der Waals surface area contributed by atoms with E-state index in [0.29, 0.717) is 31.8 Å². The maximum Gasteiger partial charge on any atom is 0.254 e. The Balaban J connectivity index is 1.64. The number of carbonyl (C=O) groups is 2. The van der Waals surface area contributed by atoms with Crippen molar-refractivity contribution in [3.8, 4) is 0 Å². The van der Waals surface area contributed by atoms with Crippen LogP contribution < -0.4 is 5.32 Å². The average molecular weight is 379 g/mol. The largest absolute Gasteiger partial charge is 0.339 e. The van der Waals surface area contributed by atoms with Crippen LogP contribution in [-0.2, 0) is 4.79 Å². The fourth-order valence-corrected chi connectivity index (χ4v) is 3.90. The molecule has 2 aromatic rings. The first-order valence-electron chi connectivity index (χ1n) is 10.1. The predicted molar refractivity (Wildman–Crippen MR) is 114 cm³/mol. The molecule has 0 bridgehead atoms. The van der Waals surface area contributed by atoms with Crippen LogP contribution in [-0.4, -0.2) is 29.8 Å². The summed E-state index contributed by atoms with van der Waals surface area (Å²) >= 11 is 0. The second-order valence-corrected chi connectivity index (χ2v) is 8.06. The molecule has 0 radical (unpaired) electrons. The van der Waals surface area contributed by atoms with Crippen LogP contribution in [0, 0.1) is 19.8 Å². The number of benzene rings is 2. The quantitative estimate of drug-likeness (QED) is 0.821. The number of nitrogens with one attached hydrogen (secondary N) is 1. The number of carbonyl (C=O) groups excluding carboxylic acids is 2. The summed E-state index contributed by atoms with van der Waals surface area (Å²) in [5, 5.41) is 3.17. The molecule has 3 rings (SSSR count). The van der Waals surface area contributed by atoms with Gasteiger partial charge in [-0.1, -0.05) is 50.2 Å². The first-order chi connectivity index (χ1) is 13.4. The minimum Gasteiger partial charge on any atom is -0.339 e. The van der Waals surface area contributed by atoms with E-state index in [1.807, 2.05) is 55.1 Å². The zero-order chi connectivity index (χ0) is 20.3. The molecule has 0 aromatic heterocycles. The Kier molecular flexibility index (Phi) is 6.18. The van der Waals surface area contributed by atoms with Crippen molar-refractivity contribution in [1.82, 2.24) is 4.90 Å². The third-order valence-corrected chi connectivity index (χ3v) is 5.70. The summed E-state index contributed by atoms with van der Waals surface area (Å²) in [5.74, 6) is 0.432. The number of nitrogens with zero attached hydrogens (tertiary/aromatic N) is 1. The maximum atomic E-state index is 12.9. The normalized spacial score (nSPS) is 15.0. The fourth-order valence-electron chi connectivity index (χ4n) is 3.90. The zero-order valence-electron chi connectivity index (χ0n) is 17.3. The van der Waals surface area contributed by atoms with Crippen LogP contribution in [0.5, 0.6) is 0 Å². The molecule has 0 atom stereocenters. The van der Waals surface area contributed by atoms with Gasteiger partial charge in [-0.25, -0.2) is 0 Å². The highest BCUT2D eigenvalue weighted by Crippen LogP contribution is 2.29. The minimum atomic E-state index is -0.0551. The zero-order valence-corrected chi connectivity index (χ0v) is 17.3. The van der Waals surface area contributed by atoms with Crippen molar-refractivity contribution in [2.24, 2.45) is 5.92 Å². The molecule has 1 heterocycles. The van der Waals surface area contributed by atoms with E-state index in [9.17, 15) is 9.59 Å². The molecule has 2 amide bonds. The van der Waals surface area contributed by atoms with Crippen molar-refractivity contribution in [3.63, 3.8) is 0 Å². The highest BCUT2D eigenvalue weighted by molar-refractivity contribution is 5.96. The molecule has 0 saturated carbocycles. The first kappa shape index (κ1) is 20.1. The van der Waals surface area contributed by atoms with E-state index in [2.05, 4.69) is 25.2 Å². The number of likely N-dealkylation sites (tertiary alicyclic amines) is 1. The minimum absolute atomic E-state index is 0.0551. The van der Waals surface area contributed by atoms with Gasteiger partial charge in [-0.15, -0.1) is 0 Å². The Morgan fingerprint density at radius 3 is 2.25 bits per heavy atom. The van der Waals surface area contributed by atoms with E-state index < -0.39 is 0 Å². The number of anilines is 1. The number of hydrogen-bond acceptors (Lipinski definition) is 2. The van der Waals surface area contributed by atoms with E-state index >= 15 is 0 Å². The molecule has 1 fully saturated rings. The van der Waals surface area contributed by atoms with Crippen LogP contribution in [0.3, 0.4) is 0 Å². The molecule has 0 spiro atoms.